The lowest BCUT2D eigenvalue weighted by molar-refractivity contribution is -0.209. The molecule has 0 aromatic heterocycles. The Labute approximate surface area is 360 Å². The number of carbonyl (C=O) groups excluding carboxylic acids is 1. The molecule has 8 unspecified atom stereocenters. The average molecular weight is 842 g/mol. The Bertz CT molecular complexity index is 1560. The monoisotopic (exact) mass is 842 g/mol. The Morgan fingerprint density at radius 3 is 1.67 bits per heavy atom. The van der Waals surface area contributed by atoms with Crippen molar-refractivity contribution in [2.24, 2.45) is 92.7 Å². The normalized spacial score (nSPS) is 51.8. The fraction of sp³-hybridized carbons (Fsp3) is 0.960. The molecule has 0 radical (unpaired) electrons. The number of carboxylic acids is 1. The van der Waals surface area contributed by atoms with E-state index in [4.69, 9.17) is 4.74 Å². The number of rotatable bonds is 12. The zero-order valence-electron chi connectivity index (χ0n) is 37.9. The van der Waals surface area contributed by atoms with Crippen molar-refractivity contribution in [3.63, 3.8) is 0 Å². The minimum absolute atomic E-state index is 0.0348. The van der Waals surface area contributed by atoms with Gasteiger partial charge in [-0.25, -0.2) is 0 Å². The molecule has 0 heterocycles. The third kappa shape index (κ3) is 7.45. The van der Waals surface area contributed by atoms with Gasteiger partial charge in [0, 0.05) is 19.4 Å². The first kappa shape index (κ1) is 45.3. The first-order valence-corrected chi connectivity index (χ1v) is 24.8. The van der Waals surface area contributed by atoms with Crippen LogP contribution in [0.25, 0.3) is 0 Å². The summed E-state index contributed by atoms with van der Waals surface area (Å²) >= 11 is 0. The first-order valence-electron chi connectivity index (χ1n) is 24.8. The Morgan fingerprint density at radius 1 is 0.633 bits per heavy atom. The Balaban J connectivity index is 0.793. The fourth-order valence-corrected chi connectivity index (χ4v) is 18.0. The summed E-state index contributed by atoms with van der Waals surface area (Å²) in [6.07, 6.45) is 12.6. The van der Waals surface area contributed by atoms with Crippen LogP contribution >= 0.6 is 0 Å². The molecule has 8 rings (SSSR count). The molecular formula is C50H83NO9. The standard InChI is InChI=1S/C50H83NO9/c1-27(33-9-11-35-45-37(25-41(55)49(33,35)5)47(3)17-15-31(52)21-29(47)23-39(45)53)7-13-43(57)51-19-20-60-32-16-18-48(4)30(22-32)24-40(54)46-36-12-10-34(28(2)8-14-44(58)59)50(36,6)42(56)26-38(46)48/h27-42,45-46,52-56H,7-26H2,1-6H3,(H,51,57)(H,58,59)/t27?,28?,29-,30-,31+,32+,33?,34?,35?,36?,37-,38-,39+,40?,41-,42-,45-,46?,47-,48-,49+,50+/m0/s1. The van der Waals surface area contributed by atoms with Gasteiger partial charge in [-0.3, -0.25) is 9.59 Å². The Morgan fingerprint density at radius 2 is 1.13 bits per heavy atom. The molecule has 8 aliphatic carbocycles. The van der Waals surface area contributed by atoms with Crippen LogP contribution in [0.5, 0.6) is 0 Å². The van der Waals surface area contributed by atoms with E-state index in [1.54, 1.807) is 0 Å². The molecular weight excluding hydrogens is 759 g/mol. The molecule has 10 heteroatoms. The van der Waals surface area contributed by atoms with E-state index >= 15 is 0 Å². The molecule has 0 spiro atoms. The summed E-state index contributed by atoms with van der Waals surface area (Å²) in [5.41, 5.74) is -0.469. The smallest absolute Gasteiger partial charge is 0.303 e. The number of fused-ring (bicyclic) bond motifs is 10. The topological polar surface area (TPSA) is 177 Å². The number of hydrogen-bond acceptors (Lipinski definition) is 8. The SMILES string of the molecule is CC(CCC(=O)O)C1CCC2C3C(O)C[C@@H]4C[C@H](OCCNC(=O)CCC(C)C5CCC6[C@@H]7[C@H](O)C[C@@H]8C[C@H](O)CC[C@]8(C)[C@H]7C[C@H](O)[C@]56C)CC[C@]4(C)[C@H]3C[C@H](O)[C@]12C. The summed E-state index contributed by atoms with van der Waals surface area (Å²) in [7, 11) is 0. The number of ether oxygens (including phenoxy) is 1. The highest BCUT2D eigenvalue weighted by Gasteiger charge is 2.67. The van der Waals surface area contributed by atoms with Gasteiger partial charge < -0.3 is 40.7 Å². The van der Waals surface area contributed by atoms with Crippen LogP contribution in [-0.2, 0) is 14.3 Å². The average Bonchev–Trinajstić information content (AvgIpc) is 3.75. The van der Waals surface area contributed by atoms with Gasteiger partial charge in [-0.15, -0.1) is 0 Å². The summed E-state index contributed by atoms with van der Waals surface area (Å²) in [6, 6.07) is 0. The Kier molecular flexibility index (Phi) is 12.8. The highest BCUT2D eigenvalue weighted by molar-refractivity contribution is 5.75. The number of carboxylic acid groups (broad SMARTS) is 1. The second-order valence-electron chi connectivity index (χ2n) is 23.7. The van der Waals surface area contributed by atoms with Crippen molar-refractivity contribution in [3.05, 3.63) is 0 Å². The molecule has 0 aromatic rings. The zero-order chi connectivity index (χ0) is 43.1. The van der Waals surface area contributed by atoms with Crippen molar-refractivity contribution in [2.45, 2.75) is 194 Å². The third-order valence-corrected chi connectivity index (χ3v) is 21.4. The second-order valence-corrected chi connectivity index (χ2v) is 23.7. The molecule has 8 saturated carbocycles. The lowest BCUT2D eigenvalue weighted by Gasteiger charge is -2.63. The molecule has 0 bridgehead atoms. The summed E-state index contributed by atoms with van der Waals surface area (Å²) in [4.78, 5) is 24.5. The van der Waals surface area contributed by atoms with Crippen molar-refractivity contribution in [1.82, 2.24) is 5.32 Å². The van der Waals surface area contributed by atoms with E-state index in [9.17, 15) is 40.2 Å². The van der Waals surface area contributed by atoms with E-state index in [1.165, 1.54) is 0 Å². The van der Waals surface area contributed by atoms with Gasteiger partial charge in [0.1, 0.15) is 0 Å². The number of amides is 1. The van der Waals surface area contributed by atoms with Crippen LogP contribution in [0, 0.1) is 92.7 Å². The van der Waals surface area contributed by atoms with Crippen LogP contribution in [0.4, 0.5) is 0 Å². The summed E-state index contributed by atoms with van der Waals surface area (Å²) in [5.74, 6) is 2.42. The molecule has 1 amide bonds. The van der Waals surface area contributed by atoms with Gasteiger partial charge >= 0.3 is 5.97 Å². The largest absolute Gasteiger partial charge is 0.481 e. The van der Waals surface area contributed by atoms with Crippen molar-refractivity contribution in [1.29, 1.82) is 0 Å². The van der Waals surface area contributed by atoms with Crippen LogP contribution < -0.4 is 5.32 Å². The van der Waals surface area contributed by atoms with Crippen LogP contribution in [0.2, 0.25) is 0 Å². The molecule has 22 atom stereocenters. The maximum absolute atomic E-state index is 13.2. The van der Waals surface area contributed by atoms with Gasteiger partial charge in [-0.2, -0.15) is 0 Å². The predicted molar refractivity (Wildman–Crippen MR) is 229 cm³/mol. The highest BCUT2D eigenvalue weighted by atomic mass is 16.5. The molecule has 342 valence electrons. The molecule has 0 aliphatic heterocycles. The summed E-state index contributed by atoms with van der Waals surface area (Å²) in [5, 5.41) is 70.2. The summed E-state index contributed by atoms with van der Waals surface area (Å²) in [6.45, 7) is 14.7. The minimum atomic E-state index is -0.762. The van der Waals surface area contributed by atoms with E-state index in [1.807, 2.05) is 0 Å². The Hall–Kier alpha value is -1.30. The van der Waals surface area contributed by atoms with Gasteiger partial charge in [0.25, 0.3) is 0 Å². The van der Waals surface area contributed by atoms with Gasteiger partial charge in [0.2, 0.25) is 5.91 Å². The van der Waals surface area contributed by atoms with Crippen molar-refractivity contribution < 1.29 is 45.0 Å². The first-order chi connectivity index (χ1) is 28.3. The molecule has 8 aliphatic rings. The second kappa shape index (κ2) is 16.9. The number of hydrogen-bond donors (Lipinski definition) is 7. The molecule has 60 heavy (non-hydrogen) atoms. The lowest BCUT2D eigenvalue weighted by atomic mass is 9.43. The van der Waals surface area contributed by atoms with E-state index in [-0.39, 0.29) is 106 Å². The highest BCUT2D eigenvalue weighted by Crippen LogP contribution is 2.70. The molecule has 7 N–H and O–H groups in total. The maximum atomic E-state index is 13.2. The van der Waals surface area contributed by atoms with Gasteiger partial charge in [0.05, 0.1) is 43.2 Å². The molecule has 0 aromatic carbocycles. The lowest BCUT2D eigenvalue weighted by Crippen LogP contribution is -2.62. The van der Waals surface area contributed by atoms with Crippen LogP contribution in [0.1, 0.15) is 157 Å². The van der Waals surface area contributed by atoms with E-state index in [0.717, 1.165) is 89.9 Å². The quantitative estimate of drug-likeness (QED) is 0.102. The number of nitrogens with one attached hydrogen (secondary N) is 1. The van der Waals surface area contributed by atoms with Crippen molar-refractivity contribution >= 4 is 11.9 Å². The van der Waals surface area contributed by atoms with E-state index < -0.39 is 24.3 Å². The van der Waals surface area contributed by atoms with Gasteiger partial charge in [0.15, 0.2) is 0 Å². The maximum Gasteiger partial charge on any atom is 0.303 e. The van der Waals surface area contributed by atoms with Crippen LogP contribution in [0.15, 0.2) is 0 Å². The van der Waals surface area contributed by atoms with Crippen molar-refractivity contribution in [2.75, 3.05) is 13.2 Å². The fourth-order valence-electron chi connectivity index (χ4n) is 18.0. The summed E-state index contributed by atoms with van der Waals surface area (Å²) < 4.78 is 6.43. The van der Waals surface area contributed by atoms with Crippen molar-refractivity contribution in [3.8, 4) is 0 Å². The molecule has 0 saturated heterocycles. The van der Waals surface area contributed by atoms with Crippen LogP contribution in [0.3, 0.4) is 0 Å². The minimum Gasteiger partial charge on any atom is -0.481 e. The number of aliphatic hydroxyl groups is 5. The predicted octanol–water partition coefficient (Wildman–Crippen LogP) is 6.97. The van der Waals surface area contributed by atoms with Crippen LogP contribution in [-0.4, -0.2) is 92.3 Å². The third-order valence-electron chi connectivity index (χ3n) is 21.4. The van der Waals surface area contributed by atoms with Gasteiger partial charge in [-0.05, 0) is 195 Å². The zero-order valence-corrected chi connectivity index (χ0v) is 37.9. The van der Waals surface area contributed by atoms with Gasteiger partial charge in [-0.1, -0.05) is 41.5 Å². The number of carbonyl (C=O) groups is 2. The van der Waals surface area contributed by atoms with E-state index in [2.05, 4.69) is 46.9 Å². The number of aliphatic hydroxyl groups excluding tert-OH is 5. The van der Waals surface area contributed by atoms with E-state index in [0.29, 0.717) is 50.2 Å². The molecule has 8 fully saturated rings. The number of aliphatic carboxylic acids is 1. The molecule has 10 nitrogen and oxygen atoms in total.